The molecule has 1 aliphatic rings. The monoisotopic (exact) mass is 423 g/mol. The third kappa shape index (κ3) is 8.20. The van der Waals surface area contributed by atoms with Crippen LogP contribution in [-0.4, -0.2) is 53.7 Å². The maximum atomic E-state index is 12.3. The number of aryl methyl sites for hydroxylation is 2. The molecular weight excluding hydrogens is 386 g/mol. The first-order valence-electron chi connectivity index (χ1n) is 10.6. The maximum absolute atomic E-state index is 12.3. The van der Waals surface area contributed by atoms with E-state index in [1.807, 2.05) is 32.6 Å². The third-order valence-electron chi connectivity index (χ3n) is 4.81. The average Bonchev–Trinajstić information content (AvgIpc) is 2.96. The van der Waals surface area contributed by atoms with Crippen LogP contribution in [0.4, 0.5) is 4.79 Å². The zero-order valence-corrected chi connectivity index (χ0v) is 19.6. The zero-order chi connectivity index (χ0) is 21.4. The minimum Gasteiger partial charge on any atom is -0.444 e. The lowest BCUT2D eigenvalue weighted by atomic mass is 9.95. The second kappa shape index (κ2) is 10.8. The molecule has 1 aromatic rings. The summed E-state index contributed by atoms with van der Waals surface area (Å²) in [4.78, 5) is 24.6. The standard InChI is InChI=1S/C21H37N5O2S/c1-7-22-19(24-13-18-25-15(2)16(3)29-18)23-11-10-17-9-8-12-26(14-17)20(27)28-21(4,5)6/h17H,7-14H2,1-6H3,(H2,22,23,24). The number of nitrogens with one attached hydrogen (secondary N) is 2. The molecule has 1 fully saturated rings. The first-order chi connectivity index (χ1) is 13.7. The number of carbonyl (C=O) groups excluding carboxylic acids is 1. The first kappa shape index (κ1) is 23.4. The largest absolute Gasteiger partial charge is 0.444 e. The summed E-state index contributed by atoms with van der Waals surface area (Å²) in [6.07, 6.45) is 2.98. The van der Waals surface area contributed by atoms with Crippen LogP contribution in [0.2, 0.25) is 0 Å². The number of hydrogen-bond acceptors (Lipinski definition) is 5. The van der Waals surface area contributed by atoms with E-state index in [1.54, 1.807) is 11.3 Å². The summed E-state index contributed by atoms with van der Waals surface area (Å²) in [5, 5.41) is 7.76. The summed E-state index contributed by atoms with van der Waals surface area (Å²) in [5.41, 5.74) is 0.641. The van der Waals surface area contributed by atoms with Crippen LogP contribution in [0.15, 0.2) is 4.99 Å². The number of carbonyl (C=O) groups is 1. The molecule has 1 saturated heterocycles. The van der Waals surface area contributed by atoms with Crippen LogP contribution in [0.25, 0.3) is 0 Å². The Labute approximate surface area is 179 Å². The van der Waals surface area contributed by atoms with E-state index in [9.17, 15) is 4.79 Å². The molecule has 0 radical (unpaired) electrons. The number of guanidine groups is 1. The smallest absolute Gasteiger partial charge is 0.410 e. The molecule has 2 heterocycles. The summed E-state index contributed by atoms with van der Waals surface area (Å²) in [5.74, 6) is 1.30. The van der Waals surface area contributed by atoms with E-state index in [4.69, 9.17) is 4.74 Å². The lowest BCUT2D eigenvalue weighted by molar-refractivity contribution is 0.0162. The van der Waals surface area contributed by atoms with Crippen LogP contribution in [0.3, 0.4) is 0 Å². The molecule has 8 heteroatoms. The molecule has 1 amide bonds. The molecular formula is C21H37N5O2S. The van der Waals surface area contributed by atoms with Gasteiger partial charge in [0.1, 0.15) is 10.6 Å². The molecule has 29 heavy (non-hydrogen) atoms. The SMILES string of the molecule is CCNC(=NCc1nc(C)c(C)s1)NCCC1CCCN(C(=O)OC(C)(C)C)C1. The highest BCUT2D eigenvalue weighted by molar-refractivity contribution is 7.11. The summed E-state index contributed by atoms with van der Waals surface area (Å²) in [6.45, 7) is 15.7. The summed E-state index contributed by atoms with van der Waals surface area (Å²) >= 11 is 1.70. The molecule has 0 aromatic carbocycles. The van der Waals surface area contributed by atoms with Gasteiger partial charge in [-0.1, -0.05) is 0 Å². The van der Waals surface area contributed by atoms with E-state index in [0.29, 0.717) is 12.5 Å². The van der Waals surface area contributed by atoms with Crippen molar-refractivity contribution in [2.75, 3.05) is 26.2 Å². The molecule has 7 nitrogen and oxygen atoms in total. The first-order valence-corrected chi connectivity index (χ1v) is 11.4. The molecule has 1 aliphatic heterocycles. The van der Waals surface area contributed by atoms with Crippen LogP contribution in [0, 0.1) is 19.8 Å². The van der Waals surface area contributed by atoms with Crippen molar-refractivity contribution in [2.45, 2.75) is 73.0 Å². The molecule has 1 atom stereocenters. The Kier molecular flexibility index (Phi) is 8.74. The van der Waals surface area contributed by atoms with Gasteiger partial charge in [-0.3, -0.25) is 0 Å². The van der Waals surface area contributed by atoms with Crippen LogP contribution in [0.5, 0.6) is 0 Å². The Hall–Kier alpha value is -1.83. The van der Waals surface area contributed by atoms with Crippen molar-refractivity contribution in [1.29, 1.82) is 0 Å². The van der Waals surface area contributed by atoms with Gasteiger partial charge in [0.15, 0.2) is 5.96 Å². The van der Waals surface area contributed by atoms with Gasteiger partial charge >= 0.3 is 6.09 Å². The minimum atomic E-state index is -0.447. The number of hydrogen-bond donors (Lipinski definition) is 2. The van der Waals surface area contributed by atoms with Gasteiger partial charge < -0.3 is 20.3 Å². The van der Waals surface area contributed by atoms with Crippen molar-refractivity contribution >= 4 is 23.4 Å². The molecule has 164 valence electrons. The maximum Gasteiger partial charge on any atom is 0.410 e. The van der Waals surface area contributed by atoms with E-state index in [1.165, 1.54) is 4.88 Å². The summed E-state index contributed by atoms with van der Waals surface area (Å²) < 4.78 is 5.52. The van der Waals surface area contributed by atoms with Crippen LogP contribution >= 0.6 is 11.3 Å². The van der Waals surface area contributed by atoms with Gasteiger partial charge in [0.2, 0.25) is 0 Å². The van der Waals surface area contributed by atoms with E-state index in [0.717, 1.165) is 62.1 Å². The van der Waals surface area contributed by atoms with Crippen molar-refractivity contribution in [3.63, 3.8) is 0 Å². The quantitative estimate of drug-likeness (QED) is 0.537. The third-order valence-corrected chi connectivity index (χ3v) is 5.86. The van der Waals surface area contributed by atoms with E-state index in [-0.39, 0.29) is 6.09 Å². The highest BCUT2D eigenvalue weighted by Gasteiger charge is 2.27. The van der Waals surface area contributed by atoms with Gasteiger partial charge in [0.25, 0.3) is 0 Å². The Morgan fingerprint density at radius 2 is 2.10 bits per heavy atom. The number of aliphatic imine (C=N–C) groups is 1. The molecule has 2 N–H and O–H groups in total. The van der Waals surface area contributed by atoms with Crippen molar-refractivity contribution in [1.82, 2.24) is 20.5 Å². The highest BCUT2D eigenvalue weighted by atomic mass is 32.1. The van der Waals surface area contributed by atoms with Crippen LogP contribution < -0.4 is 10.6 Å². The van der Waals surface area contributed by atoms with Crippen molar-refractivity contribution in [2.24, 2.45) is 10.9 Å². The number of likely N-dealkylation sites (tertiary alicyclic amines) is 1. The topological polar surface area (TPSA) is 78.9 Å². The van der Waals surface area contributed by atoms with Gasteiger partial charge in [-0.25, -0.2) is 14.8 Å². The normalized spacial score (nSPS) is 17.9. The number of thiazole rings is 1. The fourth-order valence-electron chi connectivity index (χ4n) is 3.28. The predicted octanol–water partition coefficient (Wildman–Crippen LogP) is 3.85. The number of rotatable bonds is 6. The molecule has 0 saturated carbocycles. The zero-order valence-electron chi connectivity index (χ0n) is 18.8. The number of ether oxygens (including phenoxy) is 1. The van der Waals surface area contributed by atoms with Gasteiger partial charge in [0, 0.05) is 31.1 Å². The van der Waals surface area contributed by atoms with Gasteiger partial charge in [0.05, 0.1) is 12.2 Å². The lowest BCUT2D eigenvalue weighted by Gasteiger charge is -2.34. The number of nitrogens with zero attached hydrogens (tertiary/aromatic N) is 3. The second-order valence-corrected chi connectivity index (χ2v) is 9.88. The van der Waals surface area contributed by atoms with E-state index < -0.39 is 5.60 Å². The molecule has 1 unspecified atom stereocenters. The summed E-state index contributed by atoms with van der Waals surface area (Å²) in [7, 11) is 0. The number of amides is 1. The molecule has 0 aliphatic carbocycles. The second-order valence-electron chi connectivity index (χ2n) is 8.59. The van der Waals surface area contributed by atoms with Gasteiger partial charge in [-0.2, -0.15) is 0 Å². The van der Waals surface area contributed by atoms with Crippen LogP contribution in [0.1, 0.15) is 62.5 Å². The Morgan fingerprint density at radius 1 is 1.34 bits per heavy atom. The number of aromatic nitrogens is 1. The van der Waals surface area contributed by atoms with E-state index >= 15 is 0 Å². The Morgan fingerprint density at radius 3 is 2.72 bits per heavy atom. The predicted molar refractivity (Wildman–Crippen MR) is 120 cm³/mol. The fraction of sp³-hybridized carbons (Fsp3) is 0.762. The minimum absolute atomic E-state index is 0.195. The van der Waals surface area contributed by atoms with Crippen molar-refractivity contribution in [3.8, 4) is 0 Å². The van der Waals surface area contributed by atoms with Crippen molar-refractivity contribution < 1.29 is 9.53 Å². The van der Waals surface area contributed by atoms with Crippen LogP contribution in [-0.2, 0) is 11.3 Å². The molecule has 1 aromatic heterocycles. The average molecular weight is 424 g/mol. The lowest BCUT2D eigenvalue weighted by Crippen LogP contribution is -2.44. The van der Waals surface area contributed by atoms with Gasteiger partial charge in [-0.15, -0.1) is 11.3 Å². The molecule has 0 spiro atoms. The summed E-state index contributed by atoms with van der Waals surface area (Å²) in [6, 6.07) is 0. The molecule has 2 rings (SSSR count). The Balaban J connectivity index is 1.80. The van der Waals surface area contributed by atoms with Crippen molar-refractivity contribution in [3.05, 3.63) is 15.6 Å². The molecule has 0 bridgehead atoms. The van der Waals surface area contributed by atoms with Gasteiger partial charge in [-0.05, 0) is 66.7 Å². The number of piperidine rings is 1. The fourth-order valence-corrected chi connectivity index (χ4v) is 4.14. The Bertz CT molecular complexity index is 676. The highest BCUT2D eigenvalue weighted by Crippen LogP contribution is 2.21. The van der Waals surface area contributed by atoms with E-state index in [2.05, 4.69) is 34.5 Å².